The average molecular weight is 296 g/mol. The van der Waals surface area contributed by atoms with Crippen LogP contribution in [0.25, 0.3) is 0 Å². The highest BCUT2D eigenvalue weighted by atomic mass is 16.4. The van der Waals surface area contributed by atoms with Gasteiger partial charge in [-0.1, -0.05) is 19.8 Å². The van der Waals surface area contributed by atoms with Crippen LogP contribution in [0.15, 0.2) is 0 Å². The Balaban J connectivity index is 1.99. The number of likely N-dealkylation sites (tertiary alicyclic amines) is 1. The van der Waals surface area contributed by atoms with Crippen LogP contribution in [0.1, 0.15) is 65.7 Å². The van der Waals surface area contributed by atoms with Gasteiger partial charge in [0, 0.05) is 12.1 Å². The molecule has 4 nitrogen and oxygen atoms in total. The lowest BCUT2D eigenvalue weighted by Crippen LogP contribution is -2.55. The summed E-state index contributed by atoms with van der Waals surface area (Å²) >= 11 is 0. The first kappa shape index (κ1) is 16.8. The van der Waals surface area contributed by atoms with E-state index in [1.165, 1.54) is 19.3 Å². The van der Waals surface area contributed by atoms with Crippen LogP contribution in [0.2, 0.25) is 0 Å². The summed E-state index contributed by atoms with van der Waals surface area (Å²) in [6.07, 6.45) is 7.78. The minimum Gasteiger partial charge on any atom is -0.480 e. The third kappa shape index (κ3) is 3.42. The molecule has 0 radical (unpaired) electrons. The molecule has 0 spiro atoms. The number of nitrogens with one attached hydrogen (secondary N) is 1. The third-order valence-corrected chi connectivity index (χ3v) is 5.81. The highest BCUT2D eigenvalue weighted by Crippen LogP contribution is 2.39. The van der Waals surface area contributed by atoms with Crippen molar-refractivity contribution in [1.29, 1.82) is 0 Å². The van der Waals surface area contributed by atoms with Crippen LogP contribution < -0.4 is 5.32 Å². The average Bonchev–Trinajstić information content (AvgIpc) is 2.83. The summed E-state index contributed by atoms with van der Waals surface area (Å²) in [4.78, 5) is 14.4. The van der Waals surface area contributed by atoms with Gasteiger partial charge in [-0.3, -0.25) is 9.69 Å². The van der Waals surface area contributed by atoms with Crippen molar-refractivity contribution >= 4 is 5.97 Å². The van der Waals surface area contributed by atoms with E-state index in [-0.39, 0.29) is 5.92 Å². The van der Waals surface area contributed by atoms with Gasteiger partial charge in [0.1, 0.15) is 5.54 Å². The topological polar surface area (TPSA) is 52.6 Å². The number of piperidine rings is 1. The first-order chi connectivity index (χ1) is 10.0. The van der Waals surface area contributed by atoms with Gasteiger partial charge in [0.15, 0.2) is 0 Å². The van der Waals surface area contributed by atoms with Crippen molar-refractivity contribution in [3.8, 4) is 0 Å². The number of likely N-dealkylation sites (N-methyl/N-ethyl adjacent to an activating group) is 1. The van der Waals surface area contributed by atoms with Gasteiger partial charge in [-0.25, -0.2) is 0 Å². The second-order valence-corrected chi connectivity index (χ2v) is 7.05. The molecular formula is C17H32N2O2. The Morgan fingerprint density at radius 3 is 2.48 bits per heavy atom. The number of hydrogen-bond donors (Lipinski definition) is 2. The summed E-state index contributed by atoms with van der Waals surface area (Å²) in [5.74, 6) is -0.372. The molecule has 122 valence electrons. The largest absolute Gasteiger partial charge is 0.480 e. The zero-order valence-electron chi connectivity index (χ0n) is 13.9. The van der Waals surface area contributed by atoms with E-state index in [4.69, 9.17) is 0 Å². The van der Waals surface area contributed by atoms with Crippen LogP contribution in [-0.4, -0.2) is 46.7 Å². The molecule has 2 rings (SSSR count). The Hall–Kier alpha value is -0.610. The molecule has 0 bridgehead atoms. The molecule has 0 aromatic rings. The number of hydrogen-bond acceptors (Lipinski definition) is 3. The molecule has 1 aliphatic carbocycles. The fourth-order valence-corrected chi connectivity index (χ4v) is 4.59. The number of nitrogens with zero attached hydrogens (tertiary/aromatic N) is 1. The summed E-state index contributed by atoms with van der Waals surface area (Å²) in [6, 6.07) is 1.29. The van der Waals surface area contributed by atoms with Crippen molar-refractivity contribution in [1.82, 2.24) is 10.2 Å². The fraction of sp³-hybridized carbons (Fsp3) is 0.941. The van der Waals surface area contributed by atoms with Crippen molar-refractivity contribution in [3.05, 3.63) is 0 Å². The van der Waals surface area contributed by atoms with Crippen LogP contribution in [0.4, 0.5) is 0 Å². The Kier molecular flexibility index (Phi) is 5.67. The maximum absolute atomic E-state index is 11.8. The van der Waals surface area contributed by atoms with Crippen LogP contribution in [0.3, 0.4) is 0 Å². The van der Waals surface area contributed by atoms with Gasteiger partial charge >= 0.3 is 5.97 Å². The van der Waals surface area contributed by atoms with E-state index >= 15 is 0 Å². The van der Waals surface area contributed by atoms with Crippen LogP contribution in [0, 0.1) is 5.92 Å². The zero-order chi connectivity index (χ0) is 15.5. The standard InChI is InChI=1S/C17H32N2O2/c1-4-18-17(16(20)21)11-6-9-15(17)10-12-19-13(2)7-5-8-14(19)3/h13-15,18H,4-12H2,1-3H3,(H,20,21). The minimum atomic E-state index is -0.670. The summed E-state index contributed by atoms with van der Waals surface area (Å²) in [6.45, 7) is 8.43. The number of carboxylic acid groups (broad SMARTS) is 1. The van der Waals surface area contributed by atoms with Gasteiger partial charge in [-0.2, -0.15) is 0 Å². The highest BCUT2D eigenvalue weighted by molar-refractivity contribution is 5.79. The van der Waals surface area contributed by atoms with Crippen LogP contribution in [-0.2, 0) is 4.79 Å². The Labute approximate surface area is 129 Å². The zero-order valence-corrected chi connectivity index (χ0v) is 13.9. The minimum absolute atomic E-state index is 0.274. The van der Waals surface area contributed by atoms with Gasteiger partial charge in [0.25, 0.3) is 0 Å². The fourth-order valence-electron chi connectivity index (χ4n) is 4.59. The first-order valence-electron chi connectivity index (χ1n) is 8.75. The Bertz CT molecular complexity index is 351. The molecule has 21 heavy (non-hydrogen) atoms. The number of carbonyl (C=O) groups is 1. The number of carboxylic acids is 1. The molecule has 4 heteroatoms. The second-order valence-electron chi connectivity index (χ2n) is 7.05. The maximum Gasteiger partial charge on any atom is 0.324 e. The van der Waals surface area contributed by atoms with Crippen molar-refractivity contribution in [3.63, 3.8) is 0 Å². The lowest BCUT2D eigenvalue weighted by atomic mass is 9.84. The molecule has 1 saturated carbocycles. The van der Waals surface area contributed by atoms with E-state index in [9.17, 15) is 9.90 Å². The van der Waals surface area contributed by atoms with Gasteiger partial charge < -0.3 is 10.4 Å². The lowest BCUT2D eigenvalue weighted by molar-refractivity contribution is -0.146. The molecule has 2 aliphatic rings. The highest BCUT2D eigenvalue weighted by Gasteiger charge is 2.48. The molecule has 0 aromatic heterocycles. The molecule has 2 N–H and O–H groups in total. The van der Waals surface area contributed by atoms with Gasteiger partial charge in [-0.15, -0.1) is 0 Å². The van der Waals surface area contributed by atoms with Crippen LogP contribution >= 0.6 is 0 Å². The van der Waals surface area contributed by atoms with Gasteiger partial charge in [0.05, 0.1) is 0 Å². The van der Waals surface area contributed by atoms with Crippen molar-refractivity contribution in [2.75, 3.05) is 13.1 Å². The SMILES string of the molecule is CCNC1(C(=O)O)CCCC1CCN1C(C)CCCC1C. The smallest absolute Gasteiger partial charge is 0.324 e. The van der Waals surface area contributed by atoms with Crippen LogP contribution in [0.5, 0.6) is 0 Å². The number of aliphatic carboxylic acids is 1. The summed E-state index contributed by atoms with van der Waals surface area (Å²) in [7, 11) is 0. The predicted octanol–water partition coefficient (Wildman–Crippen LogP) is 2.87. The van der Waals surface area contributed by atoms with Crippen molar-refractivity contribution in [2.45, 2.75) is 83.3 Å². The second kappa shape index (κ2) is 7.10. The third-order valence-electron chi connectivity index (χ3n) is 5.81. The summed E-state index contributed by atoms with van der Waals surface area (Å²) in [5.41, 5.74) is -0.670. The van der Waals surface area contributed by atoms with Crippen molar-refractivity contribution in [2.24, 2.45) is 5.92 Å². The quantitative estimate of drug-likeness (QED) is 0.791. The summed E-state index contributed by atoms with van der Waals surface area (Å²) in [5, 5.41) is 13.0. The van der Waals surface area contributed by atoms with Gasteiger partial charge in [0.2, 0.25) is 0 Å². The molecule has 0 amide bonds. The van der Waals surface area contributed by atoms with E-state index in [0.29, 0.717) is 12.1 Å². The predicted molar refractivity (Wildman–Crippen MR) is 85.5 cm³/mol. The van der Waals surface area contributed by atoms with Gasteiger partial charge in [-0.05, 0) is 65.0 Å². The summed E-state index contributed by atoms with van der Waals surface area (Å²) < 4.78 is 0. The molecule has 2 fully saturated rings. The van der Waals surface area contributed by atoms with E-state index in [1.807, 2.05) is 6.92 Å². The molecule has 0 aromatic carbocycles. The molecule has 1 heterocycles. The van der Waals surface area contributed by atoms with E-state index in [2.05, 4.69) is 24.1 Å². The molecule has 1 aliphatic heterocycles. The molecule has 1 saturated heterocycles. The Morgan fingerprint density at radius 1 is 1.24 bits per heavy atom. The molecule has 4 atom stereocenters. The lowest BCUT2D eigenvalue weighted by Gasteiger charge is -2.41. The van der Waals surface area contributed by atoms with E-state index in [1.54, 1.807) is 0 Å². The van der Waals surface area contributed by atoms with E-state index in [0.717, 1.165) is 38.8 Å². The monoisotopic (exact) mass is 296 g/mol. The Morgan fingerprint density at radius 2 is 1.90 bits per heavy atom. The maximum atomic E-state index is 11.8. The normalized spacial score (nSPS) is 37.8. The van der Waals surface area contributed by atoms with Crippen molar-refractivity contribution < 1.29 is 9.90 Å². The number of rotatable bonds is 6. The molecular weight excluding hydrogens is 264 g/mol. The molecule has 4 unspecified atom stereocenters. The first-order valence-corrected chi connectivity index (χ1v) is 8.75. The van der Waals surface area contributed by atoms with E-state index < -0.39 is 11.5 Å².